The van der Waals surface area contributed by atoms with E-state index in [1.54, 1.807) is 37.4 Å². The van der Waals surface area contributed by atoms with E-state index in [9.17, 15) is 28.4 Å². The van der Waals surface area contributed by atoms with Gasteiger partial charge in [0.05, 0.1) is 46.4 Å². The molecule has 5 aliphatic rings. The Kier molecular flexibility index (Phi) is 11.9. The first-order valence-corrected chi connectivity index (χ1v) is 25.0. The Bertz CT molecular complexity index is 2790. The first-order valence-electron chi connectivity index (χ1n) is 23.5. The molecule has 10 rings (SSSR count). The topological polar surface area (TPSA) is 199 Å². The molecular formula is C50H58N6O10S. The summed E-state index contributed by atoms with van der Waals surface area (Å²) in [5.74, 6) is -0.379. The lowest BCUT2D eigenvalue weighted by Crippen LogP contribution is -2.58. The minimum absolute atomic E-state index is 0.00542. The van der Waals surface area contributed by atoms with Crippen molar-refractivity contribution in [3.05, 3.63) is 106 Å². The quantitative estimate of drug-likeness (QED) is 0.0844. The zero-order chi connectivity index (χ0) is 46.7. The molecule has 1 amide bonds. The third-order valence-corrected chi connectivity index (χ3v) is 16.3. The number of anilines is 1. The first kappa shape index (κ1) is 45.1. The first-order chi connectivity index (χ1) is 32.1. The zero-order valence-corrected chi connectivity index (χ0v) is 38.9. The summed E-state index contributed by atoms with van der Waals surface area (Å²) in [5.41, 5.74) is 3.05. The van der Waals surface area contributed by atoms with Crippen LogP contribution in [-0.2, 0) is 14.8 Å². The lowest BCUT2D eigenvalue weighted by Gasteiger charge is -2.57. The van der Waals surface area contributed by atoms with Crippen molar-refractivity contribution in [3.63, 3.8) is 0 Å². The van der Waals surface area contributed by atoms with Gasteiger partial charge in [-0.15, -0.1) is 0 Å². The van der Waals surface area contributed by atoms with E-state index in [0.717, 1.165) is 75.1 Å². The molecule has 2 saturated heterocycles. The normalized spacial score (nSPS) is 24.4. The van der Waals surface area contributed by atoms with Crippen LogP contribution in [0, 0.1) is 21.4 Å². The van der Waals surface area contributed by atoms with E-state index in [-0.39, 0.29) is 46.8 Å². The van der Waals surface area contributed by atoms with Gasteiger partial charge >= 0.3 is 5.69 Å². The molecule has 2 aliphatic carbocycles. The van der Waals surface area contributed by atoms with Crippen LogP contribution in [0.25, 0.3) is 11.0 Å². The van der Waals surface area contributed by atoms with E-state index in [1.165, 1.54) is 17.3 Å². The van der Waals surface area contributed by atoms with Gasteiger partial charge in [-0.1, -0.05) is 38.1 Å². The average molecular weight is 935 g/mol. The molecular weight excluding hydrogens is 877 g/mol. The van der Waals surface area contributed by atoms with Crippen molar-refractivity contribution < 1.29 is 42.2 Å². The smallest absolute Gasteiger partial charge is 0.316 e. The highest BCUT2D eigenvalue weighted by atomic mass is 32.2. The van der Waals surface area contributed by atoms with E-state index in [4.69, 9.17) is 18.9 Å². The molecule has 0 bridgehead atoms. The van der Waals surface area contributed by atoms with Crippen molar-refractivity contribution in [2.75, 3.05) is 44.4 Å². The van der Waals surface area contributed by atoms with E-state index >= 15 is 0 Å². The van der Waals surface area contributed by atoms with Crippen molar-refractivity contribution in [2.45, 2.75) is 107 Å². The number of aromatic amines is 1. The summed E-state index contributed by atoms with van der Waals surface area (Å²) in [7, 11) is -4.69. The highest BCUT2D eigenvalue weighted by Gasteiger charge is 2.50. The summed E-state index contributed by atoms with van der Waals surface area (Å²) >= 11 is 0. The molecule has 354 valence electrons. The largest absolute Gasteiger partial charge is 0.485 e. The average Bonchev–Trinajstić information content (AvgIpc) is 3.78. The Balaban J connectivity index is 0.856. The number of morpholine rings is 1. The van der Waals surface area contributed by atoms with Gasteiger partial charge in [0.15, 0.2) is 5.75 Å². The van der Waals surface area contributed by atoms with Crippen LogP contribution in [-0.4, -0.2) is 96.4 Å². The maximum Gasteiger partial charge on any atom is 0.316 e. The van der Waals surface area contributed by atoms with Crippen LogP contribution < -0.4 is 23.8 Å². The number of benzene rings is 3. The minimum atomic E-state index is -4.69. The van der Waals surface area contributed by atoms with Crippen LogP contribution in [0.1, 0.15) is 106 Å². The maximum atomic E-state index is 14.1. The number of aromatic nitrogens is 2. The van der Waals surface area contributed by atoms with Gasteiger partial charge in [-0.05, 0) is 111 Å². The molecule has 5 heterocycles. The Hall–Kier alpha value is -5.75. The van der Waals surface area contributed by atoms with Crippen LogP contribution >= 0.6 is 0 Å². The number of carbonyl (C=O) groups excluding carboxylic acids is 1. The van der Waals surface area contributed by atoms with Gasteiger partial charge < -0.3 is 33.9 Å². The molecule has 5 aromatic rings. The fourth-order valence-corrected chi connectivity index (χ4v) is 12.1. The van der Waals surface area contributed by atoms with E-state index in [2.05, 4.69) is 62.6 Å². The Morgan fingerprint density at radius 2 is 1.79 bits per heavy atom. The van der Waals surface area contributed by atoms with Crippen molar-refractivity contribution >= 4 is 38.3 Å². The third-order valence-electron chi connectivity index (χ3n) is 15.0. The van der Waals surface area contributed by atoms with Crippen LogP contribution in [0.2, 0.25) is 0 Å². The number of pyridine rings is 1. The molecule has 67 heavy (non-hydrogen) atoms. The number of piperidine rings is 1. The second-order valence-corrected chi connectivity index (χ2v) is 21.5. The highest BCUT2D eigenvalue weighted by Crippen LogP contribution is 2.53. The highest BCUT2D eigenvalue weighted by molar-refractivity contribution is 7.90. The fraction of sp³-hybridized carbons (Fsp3) is 0.480. The Morgan fingerprint density at radius 3 is 2.55 bits per heavy atom. The second kappa shape index (κ2) is 17.7. The number of rotatable bonds is 11. The van der Waals surface area contributed by atoms with Gasteiger partial charge in [0.25, 0.3) is 15.9 Å². The standard InChI is InChI=1S/C50H58N6O10S/c1-31(2)38-6-4-5-7-39(38)42-29-63-21-20-55(42)35-26-50(27-35)15-18-54(19-16-50)34-8-9-40(43(23-34)65-36-22-33-12-17-51-47(33)52-28-36)48(57)53-67(61,62)37-24-41(56(59)60)46-44(25-37)64-30-45(66-46)32-10-13-49(3,58)14-11-32/h4-9,12,17,22-25,28,31-32,35,42,45,58H,10-11,13-16,18-21,26-27,29-30H2,1-3H3,(H,51,52)(H,53,57)/t32-,42-,45+,49-/m1/s1. The van der Waals surface area contributed by atoms with Gasteiger partial charge in [0.2, 0.25) is 5.75 Å². The van der Waals surface area contributed by atoms with Gasteiger partial charge in [-0.25, -0.2) is 18.1 Å². The molecule has 3 N–H and O–H groups in total. The van der Waals surface area contributed by atoms with E-state index in [0.29, 0.717) is 55.6 Å². The molecule has 0 radical (unpaired) electrons. The molecule has 2 atom stereocenters. The predicted molar refractivity (Wildman–Crippen MR) is 251 cm³/mol. The number of amides is 1. The number of hydrogen-bond acceptors (Lipinski definition) is 13. The number of nitrogens with one attached hydrogen (secondary N) is 2. The molecule has 4 fully saturated rings. The zero-order valence-electron chi connectivity index (χ0n) is 38.1. The van der Waals surface area contributed by atoms with Crippen LogP contribution in [0.3, 0.4) is 0 Å². The number of nitro benzene ring substituents is 1. The predicted octanol–water partition coefficient (Wildman–Crippen LogP) is 8.41. The molecule has 0 unspecified atom stereocenters. The minimum Gasteiger partial charge on any atom is -0.485 e. The Labute approximate surface area is 390 Å². The molecule has 16 nitrogen and oxygen atoms in total. The van der Waals surface area contributed by atoms with Gasteiger partial charge in [-0.2, -0.15) is 0 Å². The number of hydrogen-bond donors (Lipinski definition) is 3. The maximum absolute atomic E-state index is 14.1. The van der Waals surface area contributed by atoms with E-state index in [1.807, 2.05) is 6.07 Å². The molecule has 3 aliphatic heterocycles. The van der Waals surface area contributed by atoms with Gasteiger partial charge in [0, 0.05) is 61.1 Å². The van der Waals surface area contributed by atoms with Crippen LogP contribution in [0.5, 0.6) is 23.0 Å². The number of fused-ring (bicyclic) bond motifs is 2. The lowest BCUT2D eigenvalue weighted by atomic mass is 9.59. The van der Waals surface area contributed by atoms with Crippen molar-refractivity contribution in [2.24, 2.45) is 11.3 Å². The van der Waals surface area contributed by atoms with E-state index < -0.39 is 43.1 Å². The molecule has 1 spiro atoms. The summed E-state index contributed by atoms with van der Waals surface area (Å²) in [6, 6.07) is 20.3. The summed E-state index contributed by atoms with van der Waals surface area (Å²) < 4.78 is 54.5. The third kappa shape index (κ3) is 9.06. The molecule has 17 heteroatoms. The van der Waals surface area contributed by atoms with Gasteiger partial charge in [0.1, 0.15) is 29.9 Å². The number of nitrogens with zero attached hydrogens (tertiary/aromatic N) is 4. The summed E-state index contributed by atoms with van der Waals surface area (Å²) in [5, 5.41) is 23.6. The SMILES string of the molecule is CC(C)c1ccccc1[C@H]1COCCN1C1CC2(CCN(c3ccc(C(=O)NS(=O)(=O)c4cc5c(c([N+](=O)[O-])c4)O[C@H]([C@H]4CC[C@](C)(O)CC4)CO5)c(Oc4cnc5[nH]ccc5c4)c3)CC2)C1. The summed E-state index contributed by atoms with van der Waals surface area (Å²) in [6.45, 7) is 10.3. The fourth-order valence-electron chi connectivity index (χ4n) is 11.1. The number of nitro groups is 1. The number of ether oxygens (including phenoxy) is 4. The van der Waals surface area contributed by atoms with Crippen LogP contribution in [0.4, 0.5) is 11.4 Å². The van der Waals surface area contributed by atoms with Crippen molar-refractivity contribution in [1.29, 1.82) is 0 Å². The number of sulfonamides is 1. The lowest BCUT2D eigenvalue weighted by molar-refractivity contribution is -0.386. The monoisotopic (exact) mass is 934 g/mol. The molecule has 2 saturated carbocycles. The second-order valence-electron chi connectivity index (χ2n) is 19.8. The van der Waals surface area contributed by atoms with Crippen molar-refractivity contribution in [3.8, 4) is 23.0 Å². The van der Waals surface area contributed by atoms with Gasteiger partial charge in [-0.3, -0.25) is 19.8 Å². The van der Waals surface area contributed by atoms with Crippen molar-refractivity contribution in [1.82, 2.24) is 19.6 Å². The summed E-state index contributed by atoms with van der Waals surface area (Å²) in [6.07, 6.45) is 9.48. The molecule has 2 aromatic heterocycles. The summed E-state index contributed by atoms with van der Waals surface area (Å²) in [4.78, 5) is 37.7. The Morgan fingerprint density at radius 1 is 1.01 bits per heavy atom. The van der Waals surface area contributed by atoms with Crippen LogP contribution in [0.15, 0.2) is 84.0 Å². The number of aliphatic hydroxyl groups is 1. The molecule has 3 aromatic carbocycles. The number of carbonyl (C=O) groups is 1. The number of H-pyrrole nitrogens is 1.